The first-order valence-electron chi connectivity index (χ1n) is 21.5. The third-order valence-corrected chi connectivity index (χ3v) is 13.5. The topological polar surface area (TPSA) is 318 Å². The molecule has 3 atom stereocenters. The molecule has 2 heterocycles. The second-order valence-corrected chi connectivity index (χ2v) is 21.5. The van der Waals surface area contributed by atoms with Crippen molar-refractivity contribution in [1.29, 1.82) is 0 Å². The van der Waals surface area contributed by atoms with Gasteiger partial charge in [0.05, 0.1) is 33.9 Å². The van der Waals surface area contributed by atoms with Crippen LogP contribution in [0, 0.1) is 0 Å². The zero-order chi connectivity index (χ0) is 53.9. The van der Waals surface area contributed by atoms with E-state index in [9.17, 15) is 60.6 Å². The minimum Gasteiger partial charge on any atom is -0.481 e. The first-order chi connectivity index (χ1) is 34.3. The molecule has 0 fully saturated rings. The van der Waals surface area contributed by atoms with Crippen LogP contribution in [0.1, 0.15) is 48.8 Å². The smallest absolute Gasteiger partial charge is 0.335 e. The van der Waals surface area contributed by atoms with Crippen LogP contribution in [0.25, 0.3) is 22.8 Å². The van der Waals surface area contributed by atoms with Gasteiger partial charge in [-0.25, -0.2) is 36.2 Å². The number of nitrogens with zero attached hydrogens (tertiary/aromatic N) is 2. The van der Waals surface area contributed by atoms with Crippen molar-refractivity contribution in [3.05, 3.63) is 131 Å². The van der Waals surface area contributed by atoms with Gasteiger partial charge in [0.15, 0.2) is 31.4 Å². The molecular weight excluding hydrogens is 1080 g/mol. The predicted octanol–water partition coefficient (Wildman–Crippen LogP) is 4.43. The second-order valence-electron chi connectivity index (χ2n) is 16.2. The van der Waals surface area contributed by atoms with E-state index >= 15 is 0 Å². The van der Waals surface area contributed by atoms with Gasteiger partial charge in [0.25, 0.3) is 6.47 Å². The number of esters is 2. The molecule has 5 rings (SSSR count). The number of ether oxygens (including phenoxy) is 3. The SMILES string of the molecule is C=C(C)C(=O)OCC(CNC(CC(=O)O)C(=O)NC1=N/C(=C\c2[n-]c(NC(=O)C(C)Sc3cc(OC=O)cc(C(=O)O)c3)c(S(C)(=O)=O)c2-c2ccccc2)C(c2ccccc2)=C1S(C)(=O)=O)OC(=O)C(=C)C.[Zn]. The third-order valence-electron chi connectivity index (χ3n) is 10.1. The van der Waals surface area contributed by atoms with E-state index in [-0.39, 0.29) is 87.0 Å². The molecule has 1 aliphatic rings. The van der Waals surface area contributed by atoms with Crippen molar-refractivity contribution in [2.45, 2.75) is 54.4 Å². The van der Waals surface area contributed by atoms with Crippen LogP contribution in [0.2, 0.25) is 0 Å². The maximum Gasteiger partial charge on any atom is 0.335 e. The van der Waals surface area contributed by atoms with E-state index < -0.39 is 114 Å². The maximum absolute atomic E-state index is 14.1. The van der Waals surface area contributed by atoms with Gasteiger partial charge >= 0.3 is 23.9 Å². The predicted molar refractivity (Wildman–Crippen MR) is 269 cm³/mol. The van der Waals surface area contributed by atoms with E-state index in [1.54, 1.807) is 60.7 Å². The minimum atomic E-state index is -4.39. The number of anilines is 1. The van der Waals surface area contributed by atoms with Crippen molar-refractivity contribution < 1.29 is 94.3 Å². The first kappa shape index (κ1) is 59.3. The molecule has 0 radical (unpaired) electrons. The normalized spacial score (nSPS) is 14.1. The summed E-state index contributed by atoms with van der Waals surface area (Å²) in [6.07, 6.45) is 0.788. The number of hydrogen-bond donors (Lipinski definition) is 5. The fraction of sp³-hybridized carbons (Fsp3) is 0.224. The number of aromatic nitrogens is 1. The van der Waals surface area contributed by atoms with Crippen molar-refractivity contribution in [3.8, 4) is 16.9 Å². The number of sulfone groups is 2. The summed E-state index contributed by atoms with van der Waals surface area (Å²) in [5, 5.41) is 26.1. The van der Waals surface area contributed by atoms with Gasteiger partial charge in [-0.05, 0) is 67.7 Å². The summed E-state index contributed by atoms with van der Waals surface area (Å²) < 4.78 is 70.7. The van der Waals surface area contributed by atoms with E-state index in [4.69, 9.17) is 14.2 Å². The number of carboxylic acids is 2. The number of carboxylic acid groups (broad SMARTS) is 2. The fourth-order valence-electron chi connectivity index (χ4n) is 6.87. The molecule has 0 aliphatic carbocycles. The van der Waals surface area contributed by atoms with Gasteiger partial charge in [-0.1, -0.05) is 73.8 Å². The third kappa shape index (κ3) is 15.6. The summed E-state index contributed by atoms with van der Waals surface area (Å²) >= 11 is 0.855. The summed E-state index contributed by atoms with van der Waals surface area (Å²) in [6, 6.07) is 17.9. The first-order valence-corrected chi connectivity index (χ1v) is 26.1. The Morgan fingerprint density at radius 2 is 1.45 bits per heavy atom. The van der Waals surface area contributed by atoms with Crippen LogP contribution in [0.15, 0.2) is 129 Å². The Morgan fingerprint density at radius 1 is 0.838 bits per heavy atom. The standard InChI is InChI=1S/C49H49N5O16S3.Zn/c1-26(2)48(62)68-24-33(70-49(63)27(3)4)23-50-37(22-38(56)57)46(59)54-44-42(73(7,66)67)40(30-16-12-9-13-17-30)36(52-44)21-35-39(29-14-10-8-11-15-29)41(72(6,64)65)43(51-35)53-45(58)28(5)71-34-19-31(47(60)61)18-32(20-34)69-25-55;/h8-21,25,28,33,37,50H,1,3,22-24H2,2,4-7H3,(H5,51,52,53,54,56,57,58,59,60,61);/p-1. The fourth-order valence-corrected chi connectivity index (χ4v) is 9.91. The summed E-state index contributed by atoms with van der Waals surface area (Å²) in [6.45, 7) is 10.3. The maximum atomic E-state index is 14.1. The Kier molecular flexibility index (Phi) is 20.5. The molecule has 0 saturated heterocycles. The van der Waals surface area contributed by atoms with Crippen molar-refractivity contribution in [3.63, 3.8) is 0 Å². The summed E-state index contributed by atoms with van der Waals surface area (Å²) in [4.78, 5) is 96.0. The molecule has 3 aromatic carbocycles. The zero-order valence-corrected chi connectivity index (χ0v) is 45.8. The number of allylic oxidation sites excluding steroid dienone is 1. The number of thioether (sulfide) groups is 1. The molecule has 0 saturated carbocycles. The average molecular weight is 1120 g/mol. The molecule has 21 nitrogen and oxygen atoms in total. The van der Waals surface area contributed by atoms with Gasteiger partial charge in [0.1, 0.15) is 23.4 Å². The van der Waals surface area contributed by atoms with Gasteiger partial charge in [0.2, 0.25) is 5.91 Å². The Labute approximate surface area is 442 Å². The second kappa shape index (κ2) is 25.6. The summed E-state index contributed by atoms with van der Waals surface area (Å²) in [7, 11) is -8.70. The molecule has 4 aromatic rings. The number of aliphatic imine (C=N–C) groups is 1. The zero-order valence-electron chi connectivity index (χ0n) is 40.4. The van der Waals surface area contributed by atoms with Crippen LogP contribution in [-0.2, 0) is 77.4 Å². The van der Waals surface area contributed by atoms with E-state index in [2.05, 4.69) is 39.1 Å². The number of amidine groups is 1. The van der Waals surface area contributed by atoms with Gasteiger partial charge in [-0.15, -0.1) is 11.8 Å². The number of aromatic carboxylic acids is 1. The van der Waals surface area contributed by atoms with Crippen molar-refractivity contribution >= 4 is 96.9 Å². The van der Waals surface area contributed by atoms with Gasteiger partial charge in [-0.3, -0.25) is 19.2 Å². The van der Waals surface area contributed by atoms with Crippen molar-refractivity contribution in [2.75, 3.05) is 31.0 Å². The molecule has 3 unspecified atom stereocenters. The van der Waals surface area contributed by atoms with Crippen LogP contribution >= 0.6 is 11.8 Å². The molecular formula is C49H48N5O16S3Zn-. The van der Waals surface area contributed by atoms with E-state index in [0.717, 1.165) is 30.3 Å². The summed E-state index contributed by atoms with van der Waals surface area (Å²) in [5.41, 5.74) is -0.175. The number of carbonyl (C=O) groups excluding carboxylic acids is 5. The Morgan fingerprint density at radius 3 is 1.99 bits per heavy atom. The number of benzene rings is 3. The number of carbonyl (C=O) groups is 7. The van der Waals surface area contributed by atoms with Crippen LogP contribution in [0.3, 0.4) is 0 Å². The molecule has 74 heavy (non-hydrogen) atoms. The molecule has 386 valence electrons. The number of hydrogen-bond acceptors (Lipinski definition) is 17. The average Bonchev–Trinajstić information content (AvgIpc) is 3.87. The molecule has 2 amide bonds. The monoisotopic (exact) mass is 1120 g/mol. The van der Waals surface area contributed by atoms with E-state index in [1.165, 1.54) is 39.0 Å². The largest absolute Gasteiger partial charge is 0.481 e. The summed E-state index contributed by atoms with van der Waals surface area (Å²) in [5.74, 6) is -7.58. The molecule has 1 aliphatic heterocycles. The van der Waals surface area contributed by atoms with E-state index in [1.807, 2.05) is 0 Å². The molecule has 25 heteroatoms. The Balaban J connectivity index is 0.0000119. The van der Waals surface area contributed by atoms with Crippen molar-refractivity contribution in [1.82, 2.24) is 15.6 Å². The Bertz CT molecular complexity index is 3230. The van der Waals surface area contributed by atoms with Gasteiger partial charge in [0, 0.05) is 65.7 Å². The number of nitrogens with one attached hydrogen (secondary N) is 3. The van der Waals surface area contributed by atoms with Gasteiger partial charge < -0.3 is 45.4 Å². The molecule has 1 aromatic heterocycles. The number of rotatable bonds is 23. The molecule has 5 N–H and O–H groups in total. The molecule has 0 spiro atoms. The van der Waals surface area contributed by atoms with Crippen LogP contribution < -0.4 is 25.7 Å². The number of aliphatic carboxylic acids is 1. The quantitative estimate of drug-likeness (QED) is 0.0225. The van der Waals surface area contributed by atoms with Crippen LogP contribution in [0.5, 0.6) is 5.75 Å². The van der Waals surface area contributed by atoms with E-state index in [0.29, 0.717) is 0 Å². The Hall–Kier alpha value is -7.31. The van der Waals surface area contributed by atoms with Gasteiger partial charge in [-0.2, -0.15) is 0 Å². The van der Waals surface area contributed by atoms with Crippen molar-refractivity contribution in [2.24, 2.45) is 4.99 Å². The van der Waals surface area contributed by atoms with Crippen LogP contribution in [0.4, 0.5) is 5.82 Å². The molecule has 0 bridgehead atoms. The van der Waals surface area contributed by atoms with Crippen LogP contribution in [-0.4, -0.2) is 118 Å². The number of amides is 2. The minimum absolute atomic E-state index is 0.